The third-order valence-corrected chi connectivity index (χ3v) is 4.71. The van der Waals surface area contributed by atoms with E-state index in [4.69, 9.17) is 0 Å². The molecule has 0 fully saturated rings. The third kappa shape index (κ3) is 3.33. The monoisotopic (exact) mass is 364 g/mol. The number of halogens is 1. The van der Waals surface area contributed by atoms with Crippen molar-refractivity contribution in [2.75, 3.05) is 0 Å². The van der Waals surface area contributed by atoms with E-state index >= 15 is 0 Å². The summed E-state index contributed by atoms with van der Waals surface area (Å²) in [6.07, 6.45) is 2.00. The minimum absolute atomic E-state index is 0.176. The number of aromatic nitrogens is 6. The van der Waals surface area contributed by atoms with Crippen LogP contribution in [0.5, 0.6) is 0 Å². The van der Waals surface area contributed by atoms with Crippen molar-refractivity contribution >= 4 is 21.4 Å². The number of nitrogens with zero attached hydrogens (tertiary/aromatic N) is 5. The van der Waals surface area contributed by atoms with Crippen LogP contribution in [0.3, 0.4) is 0 Å². The Labute approximate surface area is 139 Å². The van der Waals surface area contributed by atoms with E-state index in [1.54, 1.807) is 0 Å². The molecule has 0 spiro atoms. The molecule has 0 radical (unpaired) electrons. The van der Waals surface area contributed by atoms with Gasteiger partial charge >= 0.3 is 0 Å². The summed E-state index contributed by atoms with van der Waals surface area (Å²) in [5.74, 6) is -2.66. The number of hydrogen-bond acceptors (Lipinski definition) is 8. The molecule has 0 aliphatic rings. The SMILES string of the molecule is O=C(Cn1ncc(S(=O)(=O)c2ccc(F)cc2)n1)C(=O)c1ncn[nH]1. The summed E-state index contributed by atoms with van der Waals surface area (Å²) in [7, 11) is -4.02. The van der Waals surface area contributed by atoms with Gasteiger partial charge in [-0.05, 0) is 24.3 Å². The Bertz CT molecular complexity index is 1030. The normalized spacial score (nSPS) is 11.4. The van der Waals surface area contributed by atoms with Crippen molar-refractivity contribution in [2.24, 2.45) is 0 Å². The Morgan fingerprint density at radius 1 is 1.20 bits per heavy atom. The van der Waals surface area contributed by atoms with Crippen molar-refractivity contribution in [3.8, 4) is 0 Å². The topological polar surface area (TPSA) is 141 Å². The molecule has 3 aromatic rings. The van der Waals surface area contributed by atoms with Crippen molar-refractivity contribution in [3.05, 3.63) is 48.4 Å². The van der Waals surface area contributed by atoms with Crippen molar-refractivity contribution in [1.29, 1.82) is 0 Å². The Morgan fingerprint density at radius 2 is 1.92 bits per heavy atom. The van der Waals surface area contributed by atoms with Crippen LogP contribution >= 0.6 is 0 Å². The van der Waals surface area contributed by atoms with Gasteiger partial charge in [-0.25, -0.2) is 17.8 Å². The fraction of sp³-hybridized carbons (Fsp3) is 0.0769. The van der Waals surface area contributed by atoms with Crippen molar-refractivity contribution < 1.29 is 22.4 Å². The number of carbonyl (C=O) groups excluding carboxylic acids is 2. The van der Waals surface area contributed by atoms with E-state index in [0.29, 0.717) is 0 Å². The summed E-state index contributed by atoms with van der Waals surface area (Å²) in [5, 5.41) is 12.6. The first kappa shape index (κ1) is 16.6. The molecule has 0 unspecified atom stereocenters. The van der Waals surface area contributed by atoms with Crippen LogP contribution in [-0.2, 0) is 21.2 Å². The van der Waals surface area contributed by atoms with Crippen LogP contribution in [-0.4, -0.2) is 50.2 Å². The molecule has 0 saturated heterocycles. The van der Waals surface area contributed by atoms with E-state index in [1.807, 2.05) is 0 Å². The number of hydrogen-bond donors (Lipinski definition) is 1. The fourth-order valence-electron chi connectivity index (χ4n) is 1.86. The number of ketones is 2. The van der Waals surface area contributed by atoms with Gasteiger partial charge < -0.3 is 0 Å². The molecular formula is C13H9FN6O4S. The predicted octanol–water partition coefficient (Wildman–Crippen LogP) is -0.180. The van der Waals surface area contributed by atoms with Crippen LogP contribution in [0.15, 0.2) is 46.7 Å². The van der Waals surface area contributed by atoms with Gasteiger partial charge in [0.05, 0.1) is 11.1 Å². The van der Waals surface area contributed by atoms with Gasteiger partial charge in [0.1, 0.15) is 18.7 Å². The van der Waals surface area contributed by atoms with Crippen LogP contribution in [0.4, 0.5) is 4.39 Å². The van der Waals surface area contributed by atoms with Gasteiger partial charge in [0, 0.05) is 0 Å². The number of H-pyrrole nitrogens is 1. The number of carbonyl (C=O) groups is 2. The standard InChI is InChI=1S/C13H9FN6O4S/c14-8-1-3-9(4-2-8)25(23,24)11-5-17-20(19-11)6-10(21)12(22)13-15-7-16-18-13/h1-5,7H,6H2,(H,15,16,18). The van der Waals surface area contributed by atoms with Gasteiger partial charge in [0.25, 0.3) is 5.78 Å². The van der Waals surface area contributed by atoms with Crippen LogP contribution in [0, 0.1) is 5.82 Å². The zero-order chi connectivity index (χ0) is 18.0. The summed E-state index contributed by atoms with van der Waals surface area (Å²) in [6, 6.07) is 4.17. The van der Waals surface area contributed by atoms with Gasteiger partial charge in [0.15, 0.2) is 5.82 Å². The Hall–Kier alpha value is -3.28. The van der Waals surface area contributed by atoms with Crippen LogP contribution in [0.2, 0.25) is 0 Å². The summed E-state index contributed by atoms with van der Waals surface area (Å²) in [5.41, 5.74) is 0. The summed E-state index contributed by atoms with van der Waals surface area (Å²) in [6.45, 7) is -0.571. The van der Waals surface area contributed by atoms with Gasteiger partial charge in [-0.1, -0.05) is 0 Å². The Kier molecular flexibility index (Phi) is 4.19. The largest absolute Gasteiger partial charge is 0.288 e. The number of benzene rings is 1. The second kappa shape index (κ2) is 6.32. The van der Waals surface area contributed by atoms with Crippen molar-refractivity contribution in [3.63, 3.8) is 0 Å². The molecule has 1 aromatic carbocycles. The first-order valence-electron chi connectivity index (χ1n) is 6.71. The zero-order valence-electron chi connectivity index (χ0n) is 12.3. The molecular weight excluding hydrogens is 355 g/mol. The van der Waals surface area contributed by atoms with Gasteiger partial charge in [-0.2, -0.15) is 15.0 Å². The lowest BCUT2D eigenvalue weighted by Gasteiger charge is -2.00. The van der Waals surface area contributed by atoms with Crippen LogP contribution in [0.25, 0.3) is 0 Å². The molecule has 0 atom stereocenters. The molecule has 0 saturated carbocycles. The summed E-state index contributed by atoms with van der Waals surface area (Å²) < 4.78 is 37.6. The molecule has 2 heterocycles. The highest BCUT2D eigenvalue weighted by Crippen LogP contribution is 2.18. The molecule has 0 aliphatic carbocycles. The first-order chi connectivity index (χ1) is 11.9. The number of nitrogens with one attached hydrogen (secondary N) is 1. The van der Waals surface area contributed by atoms with Crippen LogP contribution < -0.4 is 0 Å². The molecule has 1 N–H and O–H groups in total. The maximum absolute atomic E-state index is 12.9. The maximum Gasteiger partial charge on any atom is 0.267 e. The van der Waals surface area contributed by atoms with E-state index < -0.39 is 38.8 Å². The molecule has 0 bridgehead atoms. The molecule has 128 valence electrons. The molecule has 12 heteroatoms. The highest BCUT2D eigenvalue weighted by Gasteiger charge is 2.24. The number of aromatic amines is 1. The number of sulfone groups is 1. The molecule has 0 aliphatic heterocycles. The predicted molar refractivity (Wildman–Crippen MR) is 77.6 cm³/mol. The second-order valence-electron chi connectivity index (χ2n) is 4.76. The summed E-state index contributed by atoms with van der Waals surface area (Å²) in [4.78, 5) is 27.8. The van der Waals surface area contributed by atoms with Gasteiger partial charge in [-0.3, -0.25) is 14.7 Å². The smallest absolute Gasteiger partial charge is 0.267 e. The lowest BCUT2D eigenvalue weighted by Crippen LogP contribution is -2.23. The molecule has 3 rings (SSSR count). The van der Waals surface area contributed by atoms with E-state index in [2.05, 4.69) is 25.4 Å². The molecule has 10 nitrogen and oxygen atoms in total. The van der Waals surface area contributed by atoms with Gasteiger partial charge in [0.2, 0.25) is 20.6 Å². The first-order valence-corrected chi connectivity index (χ1v) is 8.20. The number of Topliss-reactive ketones (excluding diaryl/α,β-unsaturated/α-hetero) is 2. The quantitative estimate of drug-likeness (QED) is 0.361. The van der Waals surface area contributed by atoms with E-state index in [0.717, 1.165) is 41.6 Å². The number of rotatable bonds is 6. The highest BCUT2D eigenvalue weighted by molar-refractivity contribution is 7.91. The molecule has 0 amide bonds. The van der Waals surface area contributed by atoms with Crippen molar-refractivity contribution in [2.45, 2.75) is 16.5 Å². The minimum Gasteiger partial charge on any atom is -0.288 e. The maximum atomic E-state index is 12.9. The van der Waals surface area contributed by atoms with E-state index in [9.17, 15) is 22.4 Å². The van der Waals surface area contributed by atoms with E-state index in [1.165, 1.54) is 0 Å². The van der Waals surface area contributed by atoms with E-state index in [-0.39, 0.29) is 10.7 Å². The molecule has 2 aromatic heterocycles. The lowest BCUT2D eigenvalue weighted by molar-refractivity contribution is -0.116. The average Bonchev–Trinajstić information content (AvgIpc) is 3.26. The van der Waals surface area contributed by atoms with Crippen molar-refractivity contribution in [1.82, 2.24) is 30.2 Å². The lowest BCUT2D eigenvalue weighted by atomic mass is 10.2. The third-order valence-electron chi connectivity index (χ3n) is 3.08. The highest BCUT2D eigenvalue weighted by atomic mass is 32.2. The Morgan fingerprint density at radius 3 is 2.56 bits per heavy atom. The Balaban J connectivity index is 1.79. The minimum atomic E-state index is -4.02. The summed E-state index contributed by atoms with van der Waals surface area (Å²) >= 11 is 0. The zero-order valence-corrected chi connectivity index (χ0v) is 13.1. The molecule has 25 heavy (non-hydrogen) atoms. The van der Waals surface area contributed by atoms with Crippen LogP contribution in [0.1, 0.15) is 10.6 Å². The second-order valence-corrected chi connectivity index (χ2v) is 6.65. The fourth-order valence-corrected chi connectivity index (χ4v) is 2.99. The average molecular weight is 364 g/mol. The van der Waals surface area contributed by atoms with Gasteiger partial charge in [-0.15, -0.1) is 5.10 Å².